The standard InChI is InChI=1S/C7H9N2.2ClH/c1-5-2-3-6(8)4-7(5)9;;/h2-4,8H,9H2,1H3;2*1H/q+1;;/p-1/i1D3;;. The third kappa shape index (κ3) is 3.46. The molecule has 62 valence electrons. The number of quaternary nitrogens is 1. The first-order valence-corrected chi connectivity index (χ1v) is 2.59. The van der Waals surface area contributed by atoms with Crippen molar-refractivity contribution in [1.29, 1.82) is 5.41 Å². The fourth-order valence-corrected chi connectivity index (χ4v) is 0.594. The molecule has 4 heteroatoms. The van der Waals surface area contributed by atoms with Crippen molar-refractivity contribution in [3.05, 3.63) is 29.8 Å². The van der Waals surface area contributed by atoms with Crippen LogP contribution in [0.1, 0.15) is 11.0 Å². The Morgan fingerprint density at radius 1 is 1.64 bits per heavy atom. The highest BCUT2D eigenvalue weighted by atomic mass is 35.5. The maximum Gasteiger partial charge on any atom is 0.240 e. The van der Waals surface area contributed by atoms with Gasteiger partial charge in [0.1, 0.15) is 12.0 Å². The van der Waals surface area contributed by atoms with Gasteiger partial charge in [-0.1, -0.05) is 0 Å². The molecule has 1 rings (SSSR count). The molecule has 0 radical (unpaired) electrons. The molecule has 1 aliphatic rings. The molecule has 0 amide bonds. The van der Waals surface area contributed by atoms with Crippen molar-refractivity contribution < 1.29 is 34.7 Å². The minimum absolute atomic E-state index is 0. The molecule has 0 aliphatic heterocycles. The summed E-state index contributed by atoms with van der Waals surface area (Å²) in [6, 6.07) is 0. The van der Waals surface area contributed by atoms with E-state index in [0.29, 0.717) is 5.70 Å². The van der Waals surface area contributed by atoms with Crippen molar-refractivity contribution in [1.82, 2.24) is 0 Å². The molecule has 0 saturated carbocycles. The van der Waals surface area contributed by atoms with Crippen LogP contribution in [0.2, 0.25) is 0 Å². The molecular weight excluding hydrogens is 183 g/mol. The first-order valence-electron chi connectivity index (χ1n) is 4.09. The Kier molecular flexibility index (Phi) is 3.44. The normalized spacial score (nSPS) is 20.1. The zero-order valence-electron chi connectivity index (χ0n) is 8.70. The number of rotatable bonds is 0. The molecule has 0 saturated heterocycles. The lowest BCUT2D eigenvalue weighted by Crippen LogP contribution is -3.00. The highest BCUT2D eigenvalue weighted by Crippen LogP contribution is 2.11. The van der Waals surface area contributed by atoms with Crippen molar-refractivity contribution in [2.24, 2.45) is 0 Å². The topological polar surface area (TPSA) is 51.5 Å². The summed E-state index contributed by atoms with van der Waals surface area (Å²) in [5.41, 5.74) is 4.26. The molecule has 0 fully saturated rings. The van der Waals surface area contributed by atoms with Crippen LogP contribution in [-0.4, -0.2) is 5.71 Å². The number of hydrogen-bond donors (Lipinski definition) is 2. The minimum Gasteiger partial charge on any atom is -1.00 e. The third-order valence-electron chi connectivity index (χ3n) is 1.11. The van der Waals surface area contributed by atoms with Gasteiger partial charge in [-0.3, -0.25) is 5.41 Å². The number of hydrogen-bond acceptors (Lipinski definition) is 1. The van der Waals surface area contributed by atoms with E-state index in [1.807, 2.05) is 0 Å². The van der Waals surface area contributed by atoms with Crippen LogP contribution in [0.4, 0.5) is 0 Å². The van der Waals surface area contributed by atoms with E-state index in [2.05, 4.69) is 5.73 Å². The van der Waals surface area contributed by atoms with Gasteiger partial charge in [0.2, 0.25) is 5.70 Å². The molecule has 0 aromatic rings. The SMILES string of the molecule is [2H]C([2H])([2H])[C+]1C=CC(=N)C=C1[NH3+].[Cl-].[Cl-]. The number of halogens is 2. The van der Waals surface area contributed by atoms with Gasteiger partial charge in [0.15, 0.2) is 5.71 Å². The zero-order chi connectivity index (χ0) is 9.35. The van der Waals surface area contributed by atoms with Crippen molar-refractivity contribution in [3.63, 3.8) is 0 Å². The second-order valence-corrected chi connectivity index (χ2v) is 1.87. The van der Waals surface area contributed by atoms with E-state index < -0.39 is 6.85 Å². The maximum atomic E-state index is 7.21. The van der Waals surface area contributed by atoms with Gasteiger partial charge in [0, 0.05) is 11.0 Å². The Morgan fingerprint density at radius 3 is 2.73 bits per heavy atom. The zero-order valence-corrected chi connectivity index (χ0v) is 7.21. The van der Waals surface area contributed by atoms with E-state index in [4.69, 9.17) is 9.52 Å². The van der Waals surface area contributed by atoms with Crippen LogP contribution < -0.4 is 30.5 Å². The first-order chi connectivity index (χ1) is 5.41. The van der Waals surface area contributed by atoms with E-state index in [1.54, 1.807) is 0 Å². The summed E-state index contributed by atoms with van der Waals surface area (Å²) >= 11 is 0. The van der Waals surface area contributed by atoms with Crippen molar-refractivity contribution in [3.8, 4) is 0 Å². The van der Waals surface area contributed by atoms with E-state index >= 15 is 0 Å². The molecule has 11 heavy (non-hydrogen) atoms. The summed E-state index contributed by atoms with van der Waals surface area (Å²) in [4.78, 5) is 0. The van der Waals surface area contributed by atoms with Gasteiger partial charge < -0.3 is 30.5 Å². The summed E-state index contributed by atoms with van der Waals surface area (Å²) in [7, 11) is 0. The third-order valence-corrected chi connectivity index (χ3v) is 1.11. The molecule has 4 N–H and O–H groups in total. The highest BCUT2D eigenvalue weighted by Gasteiger charge is 2.18. The molecule has 0 bridgehead atoms. The lowest BCUT2D eigenvalue weighted by molar-refractivity contribution is -0.300. The highest BCUT2D eigenvalue weighted by molar-refractivity contribution is 6.03. The van der Waals surface area contributed by atoms with Gasteiger partial charge in [0.25, 0.3) is 0 Å². The van der Waals surface area contributed by atoms with Gasteiger partial charge in [-0.15, -0.1) is 0 Å². The van der Waals surface area contributed by atoms with Gasteiger partial charge >= 0.3 is 0 Å². The van der Waals surface area contributed by atoms with E-state index in [9.17, 15) is 0 Å². The van der Waals surface area contributed by atoms with Crippen LogP contribution in [0, 0.1) is 11.3 Å². The fourth-order valence-electron chi connectivity index (χ4n) is 0.594. The van der Waals surface area contributed by atoms with Gasteiger partial charge in [0.05, 0.1) is 12.2 Å². The molecule has 0 heterocycles. The largest absolute Gasteiger partial charge is 1.00 e. The van der Waals surface area contributed by atoms with Crippen LogP contribution in [-0.2, 0) is 0 Å². The van der Waals surface area contributed by atoms with Crippen LogP contribution in [0.3, 0.4) is 0 Å². The fraction of sp³-hybridized carbons (Fsp3) is 0.143. The Balaban J connectivity index is 0. The van der Waals surface area contributed by atoms with Crippen molar-refractivity contribution in [2.75, 3.05) is 0 Å². The van der Waals surface area contributed by atoms with Crippen LogP contribution in [0.15, 0.2) is 23.9 Å². The van der Waals surface area contributed by atoms with Crippen LogP contribution in [0.5, 0.6) is 0 Å². The molecule has 0 atom stereocenters. The summed E-state index contributed by atoms with van der Waals surface area (Å²) < 4.78 is 21.3. The van der Waals surface area contributed by atoms with Crippen LogP contribution in [0.25, 0.3) is 0 Å². The Morgan fingerprint density at radius 2 is 2.27 bits per heavy atom. The Bertz CT molecular complexity index is 271. The molecule has 2 nitrogen and oxygen atoms in total. The second-order valence-electron chi connectivity index (χ2n) is 1.87. The molecule has 0 spiro atoms. The summed E-state index contributed by atoms with van der Waals surface area (Å²) in [6.07, 6.45) is 4.33. The van der Waals surface area contributed by atoms with E-state index in [-0.39, 0.29) is 36.4 Å². The molecule has 0 aromatic heterocycles. The Labute approximate surface area is 83.1 Å². The van der Waals surface area contributed by atoms with Gasteiger partial charge in [-0.2, -0.15) is 0 Å². The van der Waals surface area contributed by atoms with Crippen LogP contribution >= 0.6 is 0 Å². The summed E-state index contributed by atoms with van der Waals surface area (Å²) in [6.45, 7) is -2.12. The van der Waals surface area contributed by atoms with E-state index in [1.165, 1.54) is 18.2 Å². The summed E-state index contributed by atoms with van der Waals surface area (Å²) in [5, 5.41) is 7.21. The minimum atomic E-state index is -2.12. The Hall–Kier alpha value is -0.440. The predicted octanol–water partition coefficient (Wildman–Crippen LogP) is -5.70. The average Bonchev–Trinajstić information content (AvgIpc) is 1.83. The van der Waals surface area contributed by atoms with Crippen molar-refractivity contribution >= 4 is 5.71 Å². The average molecular weight is 196 g/mol. The lowest BCUT2D eigenvalue weighted by atomic mass is 10.0. The number of nitrogens with one attached hydrogen (secondary N) is 1. The van der Waals surface area contributed by atoms with Gasteiger partial charge in [-0.05, 0) is 0 Å². The van der Waals surface area contributed by atoms with Gasteiger partial charge in [-0.25, -0.2) is 0 Å². The summed E-state index contributed by atoms with van der Waals surface area (Å²) in [5.74, 6) is 0.221. The predicted molar refractivity (Wildman–Crippen MR) is 36.8 cm³/mol. The lowest BCUT2D eigenvalue weighted by Gasteiger charge is -1.96. The monoisotopic (exact) mass is 195 g/mol. The molecule has 1 aliphatic carbocycles. The van der Waals surface area contributed by atoms with E-state index in [0.717, 1.165) is 0 Å². The maximum absolute atomic E-state index is 7.21. The number of allylic oxidation sites excluding steroid dienone is 3. The second kappa shape index (κ2) is 5.24. The van der Waals surface area contributed by atoms with Crippen molar-refractivity contribution in [2.45, 2.75) is 6.85 Å². The molecule has 0 unspecified atom stereocenters. The molecular formula is C7H10Cl2N2. The first kappa shape index (κ1) is 7.22. The quantitative estimate of drug-likeness (QED) is 0.363. The molecule has 0 aromatic carbocycles. The smallest absolute Gasteiger partial charge is 0.240 e.